The van der Waals surface area contributed by atoms with E-state index >= 15 is 0 Å². The normalized spacial score (nSPS) is 24.5. The van der Waals surface area contributed by atoms with Gasteiger partial charge in [0.05, 0.1) is 0 Å². The van der Waals surface area contributed by atoms with E-state index in [2.05, 4.69) is 0 Å². The van der Waals surface area contributed by atoms with Crippen molar-refractivity contribution in [3.63, 3.8) is 0 Å². The van der Waals surface area contributed by atoms with Gasteiger partial charge in [0.15, 0.2) is 5.49 Å². The molecule has 0 radical (unpaired) electrons. The first-order valence-corrected chi connectivity index (χ1v) is 10.1. The van der Waals surface area contributed by atoms with E-state index in [4.69, 9.17) is 10.8 Å². The van der Waals surface area contributed by atoms with E-state index in [0.29, 0.717) is 17.7 Å². The Kier molecular flexibility index (Phi) is 3.38. The summed E-state index contributed by atoms with van der Waals surface area (Å²) in [6, 6.07) is 0. The van der Waals surface area contributed by atoms with Gasteiger partial charge in [0.1, 0.15) is 5.84 Å². The van der Waals surface area contributed by atoms with Crippen LogP contribution in [0.15, 0.2) is 4.79 Å². The molecule has 0 saturated heterocycles. The van der Waals surface area contributed by atoms with Crippen LogP contribution in [0.25, 0.3) is 0 Å². The second-order valence-electron chi connectivity index (χ2n) is 8.78. The summed E-state index contributed by atoms with van der Waals surface area (Å²) in [5, 5.41) is 17.5. The minimum absolute atomic E-state index is 0.0182. The van der Waals surface area contributed by atoms with Crippen molar-refractivity contribution >= 4 is 5.84 Å². The van der Waals surface area contributed by atoms with Crippen molar-refractivity contribution in [2.75, 3.05) is 0 Å². The monoisotopic (exact) mass is 340 g/mol. The van der Waals surface area contributed by atoms with E-state index in [1.165, 1.54) is 32.1 Å². The zero-order valence-electron chi connectivity index (χ0n) is 14.9. The van der Waals surface area contributed by atoms with Crippen LogP contribution in [0, 0.1) is 28.1 Å². The highest BCUT2D eigenvalue weighted by Crippen LogP contribution is 2.62. The molecule has 3 saturated carbocycles. The fraction of sp³-hybridized carbons (Fsp3) is 0.750. The molecule has 4 aliphatic carbocycles. The molecule has 0 amide bonds. The maximum Gasteiger partial charge on any atom is 0.293 e. The highest BCUT2D eigenvalue weighted by Gasteiger charge is 2.58. The first kappa shape index (κ1) is 15.6. The van der Waals surface area contributed by atoms with Crippen molar-refractivity contribution in [1.29, 1.82) is 10.8 Å². The Balaban J connectivity index is 1.67. The fourth-order valence-corrected chi connectivity index (χ4v) is 4.89. The number of hydrogen-bond acceptors (Lipinski definition) is 3. The molecule has 0 atom stereocenters. The fourth-order valence-electron chi connectivity index (χ4n) is 4.89. The van der Waals surface area contributed by atoms with Crippen LogP contribution in [0.5, 0.6) is 0 Å². The van der Waals surface area contributed by atoms with Crippen LogP contribution in [0.3, 0.4) is 0 Å². The Morgan fingerprint density at radius 1 is 1.04 bits per heavy atom. The molecule has 0 spiro atoms. The van der Waals surface area contributed by atoms with E-state index in [1.807, 2.05) is 4.57 Å². The first-order valence-electron chi connectivity index (χ1n) is 10.1. The molecule has 0 aromatic carbocycles. The topological polar surface area (TPSA) is 74.6 Å². The molecule has 2 N–H and O–H groups in total. The average Bonchev–Trinajstić information content (AvgIpc) is 3.47. The Morgan fingerprint density at radius 2 is 1.72 bits per heavy atom. The minimum atomic E-state index is -0.163. The molecule has 4 aliphatic rings. The SMILES string of the molecule is N=C(n1c2c(n(CC3CC3)c(=O)c1=N)CCCCC2)C1(C2CC2)CC1. The molecule has 1 aromatic rings. The molecule has 134 valence electrons. The Hall–Kier alpha value is -1.65. The predicted molar refractivity (Wildman–Crippen MR) is 96.0 cm³/mol. The van der Waals surface area contributed by atoms with Crippen molar-refractivity contribution in [3.05, 3.63) is 27.2 Å². The summed E-state index contributed by atoms with van der Waals surface area (Å²) in [6.45, 7) is 0.787. The summed E-state index contributed by atoms with van der Waals surface area (Å²) in [5.74, 6) is 1.82. The summed E-state index contributed by atoms with van der Waals surface area (Å²) in [4.78, 5) is 13.0. The summed E-state index contributed by atoms with van der Waals surface area (Å²) < 4.78 is 3.71. The molecule has 0 aliphatic heterocycles. The zero-order valence-corrected chi connectivity index (χ0v) is 14.9. The zero-order chi connectivity index (χ0) is 17.2. The van der Waals surface area contributed by atoms with Gasteiger partial charge in [-0.1, -0.05) is 6.42 Å². The van der Waals surface area contributed by atoms with Gasteiger partial charge in [-0.3, -0.25) is 20.2 Å². The van der Waals surface area contributed by atoms with Crippen LogP contribution in [-0.2, 0) is 19.4 Å². The van der Waals surface area contributed by atoms with Gasteiger partial charge in [0.2, 0.25) is 0 Å². The van der Waals surface area contributed by atoms with Crippen LogP contribution in [0.4, 0.5) is 0 Å². The lowest BCUT2D eigenvalue weighted by atomic mass is 9.98. The van der Waals surface area contributed by atoms with Crippen molar-refractivity contribution in [1.82, 2.24) is 9.13 Å². The number of nitrogens with one attached hydrogen (secondary N) is 2. The second kappa shape index (κ2) is 5.42. The van der Waals surface area contributed by atoms with Crippen molar-refractivity contribution in [2.24, 2.45) is 17.3 Å². The van der Waals surface area contributed by atoms with Gasteiger partial charge in [0, 0.05) is 23.3 Å². The van der Waals surface area contributed by atoms with Crippen molar-refractivity contribution in [3.8, 4) is 0 Å². The van der Waals surface area contributed by atoms with Gasteiger partial charge in [-0.2, -0.15) is 0 Å². The molecular formula is C20H28N4O. The molecule has 1 heterocycles. The van der Waals surface area contributed by atoms with Crippen molar-refractivity contribution in [2.45, 2.75) is 77.2 Å². The van der Waals surface area contributed by atoms with Gasteiger partial charge in [-0.25, -0.2) is 0 Å². The molecular weight excluding hydrogens is 312 g/mol. The maximum atomic E-state index is 13.0. The second-order valence-corrected chi connectivity index (χ2v) is 8.78. The summed E-state index contributed by atoms with van der Waals surface area (Å²) in [7, 11) is 0. The van der Waals surface area contributed by atoms with Crippen LogP contribution < -0.4 is 11.0 Å². The summed E-state index contributed by atoms with van der Waals surface area (Å²) in [5.41, 5.74) is 2.11. The molecule has 25 heavy (non-hydrogen) atoms. The van der Waals surface area contributed by atoms with Gasteiger partial charge >= 0.3 is 0 Å². The Labute approximate surface area is 148 Å². The van der Waals surface area contributed by atoms with Crippen LogP contribution >= 0.6 is 0 Å². The molecule has 5 heteroatoms. The molecule has 5 rings (SSSR count). The molecule has 0 bridgehead atoms. The molecule has 0 unspecified atom stereocenters. The van der Waals surface area contributed by atoms with Crippen molar-refractivity contribution < 1.29 is 0 Å². The van der Waals surface area contributed by atoms with Crippen LogP contribution in [-0.4, -0.2) is 15.0 Å². The first-order chi connectivity index (χ1) is 12.1. The van der Waals surface area contributed by atoms with Gasteiger partial charge in [-0.15, -0.1) is 0 Å². The molecule has 1 aromatic heterocycles. The third-order valence-corrected chi connectivity index (χ3v) is 6.91. The van der Waals surface area contributed by atoms with E-state index in [1.54, 1.807) is 4.57 Å². The summed E-state index contributed by atoms with van der Waals surface area (Å²) >= 11 is 0. The minimum Gasteiger partial charge on any atom is -0.307 e. The lowest BCUT2D eigenvalue weighted by Gasteiger charge is -2.25. The number of aromatic nitrogens is 2. The number of rotatable bonds is 4. The standard InChI is InChI=1S/C20H28N4O/c21-17-18(25)23(12-13-6-7-13)15-4-2-1-3-5-16(15)24(17)19(22)20(10-11-20)14-8-9-14/h13-14,21-22H,1-12H2. The van der Waals surface area contributed by atoms with Crippen LogP contribution in [0.1, 0.15) is 69.2 Å². The Bertz CT molecular complexity index is 850. The molecule has 5 nitrogen and oxygen atoms in total. The largest absolute Gasteiger partial charge is 0.307 e. The number of nitrogens with zero attached hydrogens (tertiary/aromatic N) is 2. The molecule has 3 fully saturated rings. The maximum absolute atomic E-state index is 13.0. The van der Waals surface area contributed by atoms with E-state index < -0.39 is 0 Å². The van der Waals surface area contributed by atoms with E-state index in [0.717, 1.165) is 56.5 Å². The van der Waals surface area contributed by atoms with Gasteiger partial charge in [0.25, 0.3) is 5.56 Å². The average molecular weight is 340 g/mol. The Morgan fingerprint density at radius 3 is 2.32 bits per heavy atom. The van der Waals surface area contributed by atoms with Gasteiger partial charge in [-0.05, 0) is 76.0 Å². The highest BCUT2D eigenvalue weighted by atomic mass is 16.1. The number of hydrogen-bond donors (Lipinski definition) is 2. The third-order valence-electron chi connectivity index (χ3n) is 6.91. The predicted octanol–water partition coefficient (Wildman–Crippen LogP) is 2.82. The quantitative estimate of drug-likeness (QED) is 0.494. The smallest absolute Gasteiger partial charge is 0.293 e. The van der Waals surface area contributed by atoms with Gasteiger partial charge < -0.3 is 4.57 Å². The van der Waals surface area contributed by atoms with E-state index in [9.17, 15) is 4.79 Å². The summed E-state index contributed by atoms with van der Waals surface area (Å²) in [6.07, 6.45) is 12.3. The third kappa shape index (κ3) is 2.46. The number of fused-ring (bicyclic) bond motifs is 1. The lowest BCUT2D eigenvalue weighted by molar-refractivity contribution is 0.532. The van der Waals surface area contributed by atoms with Crippen LogP contribution in [0.2, 0.25) is 0 Å². The highest BCUT2D eigenvalue weighted by molar-refractivity contribution is 5.91. The van der Waals surface area contributed by atoms with E-state index in [-0.39, 0.29) is 16.5 Å². The lowest BCUT2D eigenvalue weighted by Crippen LogP contribution is -2.49.